The highest BCUT2D eigenvalue weighted by atomic mass is 35.5. The first-order valence-electron chi connectivity index (χ1n) is 11.5. The minimum Gasteiger partial charge on any atom is -0.382 e. The number of nitrogens with one attached hydrogen (secondary N) is 1. The molecule has 1 unspecified atom stereocenters. The molecule has 1 aliphatic rings. The van der Waals surface area contributed by atoms with Crippen LogP contribution in [-0.2, 0) is 11.0 Å². The van der Waals surface area contributed by atoms with Crippen molar-refractivity contribution in [1.82, 2.24) is 24.8 Å². The number of hydrogen-bond acceptors (Lipinski definition) is 5. The van der Waals surface area contributed by atoms with Gasteiger partial charge in [0.05, 0.1) is 40.3 Å². The van der Waals surface area contributed by atoms with E-state index in [4.69, 9.17) is 17.3 Å². The lowest BCUT2D eigenvalue weighted by molar-refractivity contribution is -0.176. The summed E-state index contributed by atoms with van der Waals surface area (Å²) in [7, 11) is 0. The predicted molar refractivity (Wildman–Crippen MR) is 125 cm³/mol. The molecule has 1 aromatic carbocycles. The Balaban J connectivity index is 1.61. The smallest absolute Gasteiger partial charge is 0.382 e. The molecule has 40 heavy (non-hydrogen) atoms. The SMILES string of the molecule is CC(CC(=O)N1C[C@H](F)[C@H](NC(=O)c2cc(-c3cc(C(F)(F)F)c4c(N)ncnn34)c(F)cc2Cl)C1)C(F)(F)F. The lowest BCUT2D eigenvalue weighted by Crippen LogP contribution is -2.42. The highest BCUT2D eigenvalue weighted by molar-refractivity contribution is 6.34. The van der Waals surface area contributed by atoms with Crippen LogP contribution >= 0.6 is 11.6 Å². The number of nitrogens with zero attached hydrogens (tertiary/aromatic N) is 4. The molecule has 0 aliphatic carbocycles. The molecular weight excluding hydrogens is 580 g/mol. The molecule has 1 saturated heterocycles. The minimum absolute atomic E-state index is 0.445. The van der Waals surface area contributed by atoms with Crippen molar-refractivity contribution in [2.45, 2.75) is 37.9 Å². The van der Waals surface area contributed by atoms with E-state index < -0.39 is 106 Å². The molecule has 17 heteroatoms. The first-order chi connectivity index (χ1) is 18.5. The Morgan fingerprint density at radius 1 is 1.18 bits per heavy atom. The van der Waals surface area contributed by atoms with Crippen LogP contribution in [0.4, 0.5) is 40.9 Å². The standard InChI is InChI=1S/C23H19ClF8N6O2/c1-9(22(27,28)29)2-18(39)37-6-15(26)16(7-37)36-21(40)10-3-11(14(25)5-13(10)24)17-4-12(23(30,31)32)19-20(33)34-8-35-38(17)19/h3-5,8-9,15-16H,2,6-7H2,1H3,(H,36,40)(H2,33,34,35)/t9?,15-,16+/m0/s1. The van der Waals surface area contributed by atoms with Gasteiger partial charge in [-0.05, 0) is 18.2 Å². The molecule has 4 rings (SSSR count). The van der Waals surface area contributed by atoms with E-state index in [1.807, 2.05) is 0 Å². The Labute approximate surface area is 225 Å². The van der Waals surface area contributed by atoms with E-state index in [9.17, 15) is 44.7 Å². The van der Waals surface area contributed by atoms with Crippen molar-refractivity contribution >= 4 is 34.7 Å². The average Bonchev–Trinajstić information content (AvgIpc) is 3.40. The summed E-state index contributed by atoms with van der Waals surface area (Å²) in [5, 5.41) is 5.50. The number of rotatable bonds is 5. The van der Waals surface area contributed by atoms with E-state index in [0.717, 1.165) is 24.2 Å². The van der Waals surface area contributed by atoms with Gasteiger partial charge in [0.2, 0.25) is 5.91 Å². The van der Waals surface area contributed by atoms with Crippen LogP contribution in [0.25, 0.3) is 16.8 Å². The fraction of sp³-hybridized carbons (Fsp3) is 0.391. The van der Waals surface area contributed by atoms with Gasteiger partial charge in [0.25, 0.3) is 5.91 Å². The summed E-state index contributed by atoms with van der Waals surface area (Å²) in [6.07, 6.45) is -11.5. The van der Waals surface area contributed by atoms with Crippen LogP contribution in [0.1, 0.15) is 29.3 Å². The summed E-state index contributed by atoms with van der Waals surface area (Å²) in [6, 6.07) is 0.720. The van der Waals surface area contributed by atoms with E-state index >= 15 is 0 Å². The highest BCUT2D eigenvalue weighted by Gasteiger charge is 2.42. The second kappa shape index (κ2) is 10.4. The van der Waals surface area contributed by atoms with E-state index in [1.54, 1.807) is 0 Å². The molecule has 1 aliphatic heterocycles. The number of aromatic nitrogens is 3. The molecule has 216 valence electrons. The van der Waals surface area contributed by atoms with Crippen LogP contribution in [0, 0.1) is 11.7 Å². The number of fused-ring (bicyclic) bond motifs is 1. The van der Waals surface area contributed by atoms with Crippen LogP contribution in [0.5, 0.6) is 0 Å². The molecule has 0 bridgehead atoms. The first kappa shape index (κ1) is 29.3. The number of anilines is 1. The summed E-state index contributed by atoms with van der Waals surface area (Å²) in [5.74, 6) is -5.66. The molecule has 0 spiro atoms. The van der Waals surface area contributed by atoms with Gasteiger partial charge in [-0.15, -0.1) is 0 Å². The molecule has 2 amide bonds. The predicted octanol–water partition coefficient (Wildman–Crippen LogP) is 4.66. The van der Waals surface area contributed by atoms with Gasteiger partial charge in [-0.1, -0.05) is 18.5 Å². The Hall–Kier alpha value is -3.69. The van der Waals surface area contributed by atoms with Crippen LogP contribution in [0.2, 0.25) is 5.02 Å². The minimum atomic E-state index is -4.93. The van der Waals surface area contributed by atoms with Gasteiger partial charge in [-0.3, -0.25) is 9.59 Å². The van der Waals surface area contributed by atoms with Gasteiger partial charge in [-0.2, -0.15) is 31.4 Å². The molecule has 1 fully saturated rings. The third-order valence-corrected chi connectivity index (χ3v) is 6.74. The van der Waals surface area contributed by atoms with E-state index in [-0.39, 0.29) is 0 Å². The number of nitrogens with two attached hydrogens (primary N) is 1. The van der Waals surface area contributed by atoms with Crippen LogP contribution < -0.4 is 11.1 Å². The molecule has 0 radical (unpaired) electrons. The zero-order chi connectivity index (χ0) is 29.7. The van der Waals surface area contributed by atoms with Gasteiger partial charge < -0.3 is 16.0 Å². The van der Waals surface area contributed by atoms with E-state index in [0.29, 0.717) is 16.6 Å². The number of carbonyl (C=O) groups excluding carboxylic acids is 2. The Bertz CT molecular complexity index is 1470. The zero-order valence-corrected chi connectivity index (χ0v) is 21.0. The largest absolute Gasteiger partial charge is 0.418 e. The molecular formula is C23H19ClF8N6O2. The Morgan fingerprint density at radius 2 is 1.85 bits per heavy atom. The summed E-state index contributed by atoms with van der Waals surface area (Å²) < 4.78 is 110. The number of hydrogen-bond donors (Lipinski definition) is 2. The van der Waals surface area contributed by atoms with Gasteiger partial charge in [0.1, 0.15) is 23.8 Å². The summed E-state index contributed by atoms with van der Waals surface area (Å²) in [4.78, 5) is 29.6. The third kappa shape index (κ3) is 5.62. The maximum Gasteiger partial charge on any atom is 0.418 e. The third-order valence-electron chi connectivity index (χ3n) is 6.42. The lowest BCUT2D eigenvalue weighted by Gasteiger charge is -2.20. The summed E-state index contributed by atoms with van der Waals surface area (Å²) in [6.45, 7) is -0.217. The second-order valence-corrected chi connectivity index (χ2v) is 9.61. The van der Waals surface area contributed by atoms with Crippen molar-refractivity contribution < 1.29 is 44.7 Å². The number of carbonyl (C=O) groups is 2. The normalized spacial score (nSPS) is 18.8. The van der Waals surface area contributed by atoms with Gasteiger partial charge in [0, 0.05) is 18.5 Å². The van der Waals surface area contributed by atoms with Crippen molar-refractivity contribution in [2.75, 3.05) is 18.8 Å². The number of halogens is 9. The first-order valence-corrected chi connectivity index (χ1v) is 11.8. The zero-order valence-electron chi connectivity index (χ0n) is 20.2. The van der Waals surface area contributed by atoms with Gasteiger partial charge in [-0.25, -0.2) is 18.3 Å². The van der Waals surface area contributed by atoms with Crippen molar-refractivity contribution in [3.05, 3.63) is 46.5 Å². The van der Waals surface area contributed by atoms with Crippen LogP contribution in [0.3, 0.4) is 0 Å². The molecule has 3 aromatic rings. The van der Waals surface area contributed by atoms with E-state index in [2.05, 4.69) is 15.4 Å². The molecule has 2 aromatic heterocycles. The number of likely N-dealkylation sites (tertiary alicyclic amines) is 1. The van der Waals surface area contributed by atoms with Crippen LogP contribution in [-0.4, -0.2) is 62.8 Å². The Kier molecular flexibility index (Phi) is 7.60. The van der Waals surface area contributed by atoms with Crippen molar-refractivity contribution in [3.8, 4) is 11.3 Å². The number of nitrogen functional groups attached to an aromatic ring is 1. The molecule has 0 saturated carbocycles. The molecule has 3 N–H and O–H groups in total. The number of alkyl halides is 7. The van der Waals surface area contributed by atoms with Crippen LogP contribution in [0.15, 0.2) is 24.5 Å². The fourth-order valence-electron chi connectivity index (χ4n) is 4.25. The maximum atomic E-state index is 14.9. The van der Waals surface area contributed by atoms with Crippen molar-refractivity contribution in [3.63, 3.8) is 0 Å². The average molecular weight is 599 g/mol. The monoisotopic (exact) mass is 598 g/mol. The number of amides is 2. The second-order valence-electron chi connectivity index (χ2n) is 9.20. The topological polar surface area (TPSA) is 106 Å². The van der Waals surface area contributed by atoms with Gasteiger partial charge >= 0.3 is 12.4 Å². The quantitative estimate of drug-likeness (QED) is 0.416. The molecule has 8 nitrogen and oxygen atoms in total. The van der Waals surface area contributed by atoms with Gasteiger partial charge in [0.15, 0.2) is 5.82 Å². The summed E-state index contributed by atoms with van der Waals surface area (Å²) >= 11 is 6.01. The molecule has 3 atom stereocenters. The summed E-state index contributed by atoms with van der Waals surface area (Å²) in [5.41, 5.74) is 2.26. The molecule has 3 heterocycles. The lowest BCUT2D eigenvalue weighted by atomic mass is 10.1. The Morgan fingerprint density at radius 3 is 2.48 bits per heavy atom. The highest BCUT2D eigenvalue weighted by Crippen LogP contribution is 2.40. The van der Waals surface area contributed by atoms with E-state index in [1.165, 1.54) is 0 Å². The van der Waals surface area contributed by atoms with Crippen molar-refractivity contribution in [1.29, 1.82) is 0 Å². The maximum absolute atomic E-state index is 14.9. The number of benzene rings is 1. The fourth-order valence-corrected chi connectivity index (χ4v) is 4.49. The van der Waals surface area contributed by atoms with Crippen molar-refractivity contribution in [2.24, 2.45) is 5.92 Å².